The fourth-order valence-electron chi connectivity index (χ4n) is 3.46. The first kappa shape index (κ1) is 23.0. The summed E-state index contributed by atoms with van der Waals surface area (Å²) in [5.41, 5.74) is 0. The minimum Gasteiger partial charge on any atom is -0.462 e. The molecule has 1 aliphatic heterocycles. The lowest BCUT2D eigenvalue weighted by Gasteiger charge is -2.11. The molecule has 0 aromatic rings. The van der Waals surface area contributed by atoms with E-state index in [2.05, 4.69) is 24.3 Å². The normalized spacial score (nSPS) is 27.0. The minimum absolute atomic E-state index is 0.000152. The third kappa shape index (κ3) is 15.2. The number of rotatable bonds is 0. The third-order valence-electron chi connectivity index (χ3n) is 5.14. The first-order valence-corrected chi connectivity index (χ1v) is 11.3. The highest BCUT2D eigenvalue weighted by Crippen LogP contribution is 2.14. The van der Waals surface area contributed by atoms with Crippen LogP contribution in [-0.4, -0.2) is 12.1 Å². The quantitative estimate of drug-likeness (QED) is 0.326. The summed E-state index contributed by atoms with van der Waals surface area (Å²) in [5.74, 6) is -0.0247. The van der Waals surface area contributed by atoms with Crippen molar-refractivity contribution >= 4 is 5.97 Å². The number of hydrogen-bond acceptors (Lipinski definition) is 2. The van der Waals surface area contributed by atoms with Gasteiger partial charge in [0.15, 0.2) is 0 Å². The van der Waals surface area contributed by atoms with Gasteiger partial charge in [0.1, 0.15) is 6.10 Å². The molecule has 1 atom stereocenters. The van der Waals surface area contributed by atoms with E-state index in [1.54, 1.807) is 0 Å². The van der Waals surface area contributed by atoms with Crippen molar-refractivity contribution in [2.24, 2.45) is 0 Å². The number of ether oxygens (including phenoxy) is 1. The molecule has 0 radical (unpaired) electrons. The molecule has 2 heteroatoms. The van der Waals surface area contributed by atoms with Crippen LogP contribution in [0.3, 0.4) is 0 Å². The van der Waals surface area contributed by atoms with E-state index in [1.807, 2.05) is 6.92 Å². The van der Waals surface area contributed by atoms with Gasteiger partial charge in [-0.3, -0.25) is 4.79 Å². The molecular weight excluding hydrogens is 320 g/mol. The van der Waals surface area contributed by atoms with Crippen LogP contribution in [0.4, 0.5) is 0 Å². The molecule has 0 amide bonds. The molecule has 0 N–H and O–H groups in total. The lowest BCUT2D eigenvalue weighted by Crippen LogP contribution is -2.13. The zero-order chi connectivity index (χ0) is 18.7. The summed E-state index contributed by atoms with van der Waals surface area (Å²) in [7, 11) is 0. The van der Waals surface area contributed by atoms with E-state index >= 15 is 0 Å². The van der Waals surface area contributed by atoms with E-state index in [0.29, 0.717) is 6.42 Å². The van der Waals surface area contributed by atoms with Crippen LogP contribution in [0.5, 0.6) is 0 Å². The number of allylic oxidation sites excluding steroid dienone is 3. The van der Waals surface area contributed by atoms with Gasteiger partial charge >= 0.3 is 5.97 Å². The number of carbonyl (C=O) groups excluding carboxylic acids is 1. The first-order valence-electron chi connectivity index (χ1n) is 11.3. The van der Waals surface area contributed by atoms with Crippen LogP contribution in [0.25, 0.3) is 0 Å². The fraction of sp³-hybridized carbons (Fsp3) is 0.792. The fourth-order valence-corrected chi connectivity index (χ4v) is 3.46. The lowest BCUT2D eigenvalue weighted by atomic mass is 10.0. The van der Waals surface area contributed by atoms with Crippen molar-refractivity contribution in [3.63, 3.8) is 0 Å². The average Bonchev–Trinajstić information content (AvgIpc) is 2.62. The van der Waals surface area contributed by atoms with Crippen LogP contribution in [-0.2, 0) is 9.53 Å². The van der Waals surface area contributed by atoms with Crippen LogP contribution in [0, 0.1) is 0 Å². The van der Waals surface area contributed by atoms with Gasteiger partial charge in [0, 0.05) is 12.8 Å². The Morgan fingerprint density at radius 3 is 1.73 bits per heavy atom. The van der Waals surface area contributed by atoms with E-state index < -0.39 is 0 Å². The molecule has 26 heavy (non-hydrogen) atoms. The predicted octanol–water partition coefficient (Wildman–Crippen LogP) is 7.68. The zero-order valence-corrected chi connectivity index (χ0v) is 17.2. The molecule has 0 saturated carbocycles. The Balaban J connectivity index is 2.25. The molecule has 2 nitrogen and oxygen atoms in total. The summed E-state index contributed by atoms with van der Waals surface area (Å²) in [6.07, 6.45) is 29.7. The predicted molar refractivity (Wildman–Crippen MR) is 112 cm³/mol. The standard InChI is InChI=1S/C24H42O2/c1-23-21-19-17-15-13-11-9-7-5-3-2-4-6-8-10-12-14-16-18-20-22-24(25)26-23/h9,11,17,19,23H,2-8,10,12-16,18,20-22H2,1H3/b11-9+,19-17+/t23-/m0/s1. The largest absolute Gasteiger partial charge is 0.462 e. The van der Waals surface area contributed by atoms with Crippen LogP contribution >= 0.6 is 0 Å². The van der Waals surface area contributed by atoms with Crippen molar-refractivity contribution in [1.29, 1.82) is 0 Å². The van der Waals surface area contributed by atoms with Crippen molar-refractivity contribution in [1.82, 2.24) is 0 Å². The van der Waals surface area contributed by atoms with Crippen molar-refractivity contribution in [2.75, 3.05) is 0 Å². The van der Waals surface area contributed by atoms with Crippen molar-refractivity contribution in [3.05, 3.63) is 24.3 Å². The van der Waals surface area contributed by atoms with E-state index in [-0.39, 0.29) is 12.1 Å². The van der Waals surface area contributed by atoms with E-state index in [4.69, 9.17) is 4.74 Å². The van der Waals surface area contributed by atoms with Gasteiger partial charge < -0.3 is 4.74 Å². The molecule has 0 fully saturated rings. The second-order valence-electron chi connectivity index (χ2n) is 7.84. The highest BCUT2D eigenvalue weighted by Gasteiger charge is 2.07. The maximum Gasteiger partial charge on any atom is 0.306 e. The Bertz CT molecular complexity index is 384. The van der Waals surface area contributed by atoms with Crippen molar-refractivity contribution in [2.45, 2.75) is 122 Å². The molecule has 0 aromatic carbocycles. The van der Waals surface area contributed by atoms with Crippen LogP contribution < -0.4 is 0 Å². The maximum atomic E-state index is 11.8. The number of cyclic esters (lactones) is 1. The second kappa shape index (κ2) is 17.4. The van der Waals surface area contributed by atoms with E-state index in [0.717, 1.165) is 32.1 Å². The number of carbonyl (C=O) groups is 1. The van der Waals surface area contributed by atoms with Gasteiger partial charge in [-0.25, -0.2) is 0 Å². The van der Waals surface area contributed by atoms with Gasteiger partial charge in [-0.1, -0.05) is 88.5 Å². The highest BCUT2D eigenvalue weighted by molar-refractivity contribution is 5.69. The molecule has 1 heterocycles. The Morgan fingerprint density at radius 1 is 0.654 bits per heavy atom. The van der Waals surface area contributed by atoms with Gasteiger partial charge in [0.2, 0.25) is 0 Å². The van der Waals surface area contributed by atoms with E-state index in [1.165, 1.54) is 70.6 Å². The molecular formula is C24H42O2. The Labute approximate surface area is 162 Å². The molecule has 0 spiro atoms. The molecule has 0 saturated heterocycles. The van der Waals surface area contributed by atoms with Crippen molar-refractivity contribution in [3.8, 4) is 0 Å². The maximum absolute atomic E-state index is 11.8. The average molecular weight is 363 g/mol. The summed E-state index contributed by atoms with van der Waals surface area (Å²) in [6, 6.07) is 0. The first-order chi connectivity index (χ1) is 12.8. The molecule has 0 aliphatic carbocycles. The SMILES string of the molecule is C[C@H]1C/C=C/CC/C=C/CCCCCCCCCCCCCCC(=O)O1. The van der Waals surface area contributed by atoms with E-state index in [9.17, 15) is 4.79 Å². The van der Waals surface area contributed by atoms with Gasteiger partial charge in [0.05, 0.1) is 0 Å². The van der Waals surface area contributed by atoms with Crippen LogP contribution in [0.15, 0.2) is 24.3 Å². The summed E-state index contributed by atoms with van der Waals surface area (Å²) < 4.78 is 5.48. The Hall–Kier alpha value is -1.05. The van der Waals surface area contributed by atoms with Crippen LogP contribution in [0.2, 0.25) is 0 Å². The molecule has 150 valence electrons. The van der Waals surface area contributed by atoms with Gasteiger partial charge in [-0.2, -0.15) is 0 Å². The topological polar surface area (TPSA) is 26.3 Å². The summed E-state index contributed by atoms with van der Waals surface area (Å²) in [6.45, 7) is 1.99. The summed E-state index contributed by atoms with van der Waals surface area (Å²) >= 11 is 0. The Kier molecular flexibility index (Phi) is 15.4. The lowest BCUT2D eigenvalue weighted by molar-refractivity contribution is -0.148. The molecule has 0 bridgehead atoms. The van der Waals surface area contributed by atoms with Gasteiger partial charge in [-0.15, -0.1) is 0 Å². The van der Waals surface area contributed by atoms with Crippen LogP contribution in [0.1, 0.15) is 116 Å². The summed E-state index contributed by atoms with van der Waals surface area (Å²) in [5, 5.41) is 0. The molecule has 0 unspecified atom stereocenters. The molecule has 0 aromatic heterocycles. The zero-order valence-electron chi connectivity index (χ0n) is 17.2. The smallest absolute Gasteiger partial charge is 0.306 e. The monoisotopic (exact) mass is 362 g/mol. The molecule has 1 aliphatic rings. The number of esters is 1. The molecule has 1 rings (SSSR count). The van der Waals surface area contributed by atoms with Gasteiger partial charge in [0.25, 0.3) is 0 Å². The third-order valence-corrected chi connectivity index (χ3v) is 5.14. The summed E-state index contributed by atoms with van der Waals surface area (Å²) in [4.78, 5) is 11.8. The van der Waals surface area contributed by atoms with Gasteiger partial charge in [-0.05, 0) is 39.0 Å². The second-order valence-corrected chi connectivity index (χ2v) is 7.84. The highest BCUT2D eigenvalue weighted by atomic mass is 16.5. The minimum atomic E-state index is -0.0247. The van der Waals surface area contributed by atoms with Crippen molar-refractivity contribution < 1.29 is 9.53 Å². The number of hydrogen-bond donors (Lipinski definition) is 0. The Morgan fingerprint density at radius 2 is 1.12 bits per heavy atom.